The molecule has 110 valence electrons. The fourth-order valence-corrected chi connectivity index (χ4v) is 2.15. The highest BCUT2D eigenvalue weighted by Gasteiger charge is 2.12. The summed E-state index contributed by atoms with van der Waals surface area (Å²) >= 11 is 3.15. The van der Waals surface area contributed by atoms with Crippen molar-refractivity contribution >= 4 is 21.9 Å². The Balaban J connectivity index is 2.10. The Bertz CT molecular complexity index is 654. The van der Waals surface area contributed by atoms with Crippen LogP contribution in [0.5, 0.6) is 5.75 Å². The van der Waals surface area contributed by atoms with Gasteiger partial charge in [0.25, 0.3) is 0 Å². The van der Waals surface area contributed by atoms with E-state index in [-0.39, 0.29) is 12.2 Å². The molecular weight excluding hydrogens is 346 g/mol. The first-order chi connectivity index (χ1) is 9.99. The van der Waals surface area contributed by atoms with Crippen molar-refractivity contribution in [3.05, 3.63) is 63.6 Å². The maximum absolute atomic E-state index is 13.7. The van der Waals surface area contributed by atoms with Crippen molar-refractivity contribution in [2.75, 3.05) is 7.11 Å². The summed E-state index contributed by atoms with van der Waals surface area (Å²) in [6.45, 7) is 0.0499. The minimum atomic E-state index is -0.742. The second-order valence-corrected chi connectivity index (χ2v) is 5.12. The molecule has 0 N–H and O–H groups in total. The normalized spacial score (nSPS) is 10.3. The van der Waals surface area contributed by atoms with E-state index in [4.69, 9.17) is 4.74 Å². The number of benzene rings is 2. The molecule has 0 aliphatic carbocycles. The van der Waals surface area contributed by atoms with Gasteiger partial charge in [-0.05, 0) is 29.8 Å². The van der Waals surface area contributed by atoms with Gasteiger partial charge >= 0.3 is 5.97 Å². The number of halogens is 3. The summed E-state index contributed by atoms with van der Waals surface area (Å²) < 4.78 is 37.3. The van der Waals surface area contributed by atoms with Gasteiger partial charge in [0.1, 0.15) is 24.0 Å². The topological polar surface area (TPSA) is 35.5 Å². The first-order valence-electron chi connectivity index (χ1n) is 5.95. The number of esters is 1. The molecule has 0 heterocycles. The number of carbonyl (C=O) groups excluding carboxylic acids is 1. The Hall–Kier alpha value is -1.95. The quantitative estimate of drug-likeness (QED) is 0.774. The molecule has 0 aromatic heterocycles. The number of rotatable bonds is 4. The predicted octanol–water partition coefficient (Wildman–Crippen LogP) is 4.09. The minimum Gasteiger partial charge on any atom is -0.489 e. The van der Waals surface area contributed by atoms with Crippen LogP contribution in [0.1, 0.15) is 15.9 Å². The van der Waals surface area contributed by atoms with Crippen LogP contribution in [0.15, 0.2) is 40.9 Å². The van der Waals surface area contributed by atoms with Crippen molar-refractivity contribution in [1.29, 1.82) is 0 Å². The van der Waals surface area contributed by atoms with Gasteiger partial charge in [-0.1, -0.05) is 22.0 Å². The van der Waals surface area contributed by atoms with Gasteiger partial charge in [0.15, 0.2) is 0 Å². The molecule has 0 aliphatic heterocycles. The van der Waals surface area contributed by atoms with Crippen LogP contribution in [0.4, 0.5) is 8.78 Å². The molecule has 0 fully saturated rings. The van der Waals surface area contributed by atoms with Crippen LogP contribution in [-0.2, 0) is 11.3 Å². The highest BCUT2D eigenvalue weighted by atomic mass is 79.9. The first-order valence-corrected chi connectivity index (χ1v) is 6.74. The molecule has 0 atom stereocenters. The standard InChI is InChI=1S/C15H11BrF2O3/c1-20-15(19)13-3-2-9(4-14(13)18)8-21-12-6-10(16)5-11(17)7-12/h2-7H,8H2,1H3. The van der Waals surface area contributed by atoms with Crippen molar-refractivity contribution < 1.29 is 23.0 Å². The van der Waals surface area contributed by atoms with E-state index in [2.05, 4.69) is 20.7 Å². The summed E-state index contributed by atoms with van der Waals surface area (Å²) in [5.41, 5.74) is 0.371. The summed E-state index contributed by atoms with van der Waals surface area (Å²) in [6.07, 6.45) is 0. The highest BCUT2D eigenvalue weighted by Crippen LogP contribution is 2.22. The Morgan fingerprint density at radius 2 is 1.95 bits per heavy atom. The SMILES string of the molecule is COC(=O)c1ccc(COc2cc(F)cc(Br)c2)cc1F. The summed E-state index contributed by atoms with van der Waals surface area (Å²) in [7, 11) is 1.18. The van der Waals surface area contributed by atoms with Gasteiger partial charge in [-0.3, -0.25) is 0 Å². The van der Waals surface area contributed by atoms with Crippen LogP contribution < -0.4 is 4.74 Å². The predicted molar refractivity (Wildman–Crippen MR) is 76.2 cm³/mol. The van der Waals surface area contributed by atoms with E-state index < -0.39 is 17.6 Å². The third kappa shape index (κ3) is 4.01. The average Bonchev–Trinajstić information content (AvgIpc) is 2.43. The maximum Gasteiger partial charge on any atom is 0.340 e. The van der Waals surface area contributed by atoms with E-state index in [9.17, 15) is 13.6 Å². The zero-order valence-electron chi connectivity index (χ0n) is 11.0. The second-order valence-electron chi connectivity index (χ2n) is 4.20. The van der Waals surface area contributed by atoms with Gasteiger partial charge in [-0.15, -0.1) is 0 Å². The summed E-state index contributed by atoms with van der Waals surface area (Å²) in [6, 6.07) is 8.18. The van der Waals surface area contributed by atoms with Crippen LogP contribution in [0.3, 0.4) is 0 Å². The lowest BCUT2D eigenvalue weighted by Gasteiger charge is -2.08. The third-order valence-electron chi connectivity index (χ3n) is 2.68. The lowest BCUT2D eigenvalue weighted by molar-refractivity contribution is 0.0595. The highest BCUT2D eigenvalue weighted by molar-refractivity contribution is 9.10. The molecule has 6 heteroatoms. The molecule has 0 aliphatic rings. The van der Waals surface area contributed by atoms with Gasteiger partial charge in [0.05, 0.1) is 12.7 Å². The van der Waals surface area contributed by atoms with Crippen LogP contribution in [0, 0.1) is 11.6 Å². The molecular formula is C15H11BrF2O3. The molecule has 0 amide bonds. The number of carbonyl (C=O) groups is 1. The van der Waals surface area contributed by atoms with E-state index in [0.717, 1.165) is 0 Å². The van der Waals surface area contributed by atoms with E-state index in [1.54, 1.807) is 12.1 Å². The summed E-state index contributed by atoms with van der Waals surface area (Å²) in [4.78, 5) is 11.3. The van der Waals surface area contributed by atoms with Crippen molar-refractivity contribution in [2.45, 2.75) is 6.61 Å². The molecule has 2 aromatic carbocycles. The maximum atomic E-state index is 13.7. The van der Waals surface area contributed by atoms with Crippen LogP contribution >= 0.6 is 15.9 Å². The van der Waals surface area contributed by atoms with E-state index in [0.29, 0.717) is 15.8 Å². The van der Waals surface area contributed by atoms with Crippen LogP contribution in [-0.4, -0.2) is 13.1 Å². The molecule has 2 aromatic rings. The molecule has 21 heavy (non-hydrogen) atoms. The lowest BCUT2D eigenvalue weighted by Crippen LogP contribution is -2.05. The fourth-order valence-electron chi connectivity index (χ4n) is 1.70. The molecule has 0 bridgehead atoms. The van der Waals surface area contributed by atoms with Crippen molar-refractivity contribution in [2.24, 2.45) is 0 Å². The minimum absolute atomic E-state index is 0.0499. The smallest absolute Gasteiger partial charge is 0.340 e. The zero-order chi connectivity index (χ0) is 15.4. The monoisotopic (exact) mass is 356 g/mol. The third-order valence-corrected chi connectivity index (χ3v) is 3.14. The molecule has 0 saturated carbocycles. The molecule has 3 nitrogen and oxygen atoms in total. The average molecular weight is 357 g/mol. The molecule has 0 spiro atoms. The van der Waals surface area contributed by atoms with Gasteiger partial charge in [0, 0.05) is 10.5 Å². The Labute approximate surface area is 128 Å². The first kappa shape index (κ1) is 15.4. The Morgan fingerprint density at radius 1 is 1.19 bits per heavy atom. The van der Waals surface area contributed by atoms with E-state index >= 15 is 0 Å². The number of hydrogen-bond acceptors (Lipinski definition) is 3. The largest absolute Gasteiger partial charge is 0.489 e. The van der Waals surface area contributed by atoms with Gasteiger partial charge in [-0.25, -0.2) is 13.6 Å². The van der Waals surface area contributed by atoms with E-state index in [1.807, 2.05) is 0 Å². The molecule has 0 unspecified atom stereocenters. The summed E-state index contributed by atoms with van der Waals surface area (Å²) in [5, 5.41) is 0. The van der Waals surface area contributed by atoms with Gasteiger partial charge in [0.2, 0.25) is 0 Å². The van der Waals surface area contributed by atoms with Gasteiger partial charge < -0.3 is 9.47 Å². The molecule has 0 radical (unpaired) electrons. The number of hydrogen-bond donors (Lipinski definition) is 0. The molecule has 2 rings (SSSR count). The second kappa shape index (κ2) is 6.67. The van der Waals surface area contributed by atoms with Gasteiger partial charge in [-0.2, -0.15) is 0 Å². The lowest BCUT2D eigenvalue weighted by atomic mass is 10.1. The fraction of sp³-hybridized carbons (Fsp3) is 0.133. The van der Waals surface area contributed by atoms with Crippen LogP contribution in [0.25, 0.3) is 0 Å². The van der Waals surface area contributed by atoms with E-state index in [1.165, 1.54) is 31.4 Å². The van der Waals surface area contributed by atoms with Crippen LogP contribution in [0.2, 0.25) is 0 Å². The number of methoxy groups -OCH3 is 1. The summed E-state index contributed by atoms with van der Waals surface area (Å²) in [5.74, 6) is -1.55. The Kier molecular flexibility index (Phi) is 4.90. The number of ether oxygens (including phenoxy) is 2. The van der Waals surface area contributed by atoms with Crippen molar-refractivity contribution in [1.82, 2.24) is 0 Å². The van der Waals surface area contributed by atoms with Crippen molar-refractivity contribution in [3.63, 3.8) is 0 Å². The zero-order valence-corrected chi connectivity index (χ0v) is 12.6. The Morgan fingerprint density at radius 3 is 2.57 bits per heavy atom. The molecule has 0 saturated heterocycles. The van der Waals surface area contributed by atoms with Crippen molar-refractivity contribution in [3.8, 4) is 5.75 Å².